The molecule has 9 rings (SSSR count). The van der Waals surface area contributed by atoms with Crippen LogP contribution in [0, 0.1) is 11.6 Å². The zero-order valence-corrected chi connectivity index (χ0v) is 26.3. The van der Waals surface area contributed by atoms with E-state index < -0.39 is 11.6 Å². The van der Waals surface area contributed by atoms with Crippen LogP contribution in [0.25, 0.3) is 32.9 Å². The lowest BCUT2D eigenvalue weighted by molar-refractivity contribution is 0.0644. The summed E-state index contributed by atoms with van der Waals surface area (Å²) in [5.74, 6) is -0.453. The van der Waals surface area contributed by atoms with E-state index in [0.29, 0.717) is 53.7 Å². The maximum absolute atomic E-state index is 17.1. The Balaban J connectivity index is 1.23. The van der Waals surface area contributed by atoms with Crippen LogP contribution in [-0.4, -0.2) is 92.7 Å². The highest BCUT2D eigenvalue weighted by Gasteiger charge is 2.50. The number of rotatable bonds is 6. The molecular weight excluding hydrogens is 606 g/mol. The van der Waals surface area contributed by atoms with E-state index in [1.54, 1.807) is 12.1 Å². The average Bonchev–Trinajstić information content (AvgIpc) is 3.74. The van der Waals surface area contributed by atoms with Crippen LogP contribution in [-0.2, 0) is 6.42 Å². The van der Waals surface area contributed by atoms with Crippen LogP contribution in [0.15, 0.2) is 24.3 Å². The Morgan fingerprint density at radius 3 is 2.85 bits per heavy atom. The van der Waals surface area contributed by atoms with Crippen molar-refractivity contribution in [2.45, 2.75) is 81.6 Å². The monoisotopic (exact) mass is 644 g/mol. The lowest BCUT2D eigenvalue weighted by Crippen LogP contribution is -2.60. The normalized spacial score (nSPS) is 28.0. The third kappa shape index (κ3) is 4.40. The molecule has 2 aromatic carbocycles. The maximum Gasteiger partial charge on any atom is 0.319 e. The summed E-state index contributed by atoms with van der Waals surface area (Å²) in [5.41, 5.74) is 0.403. The van der Waals surface area contributed by atoms with Crippen LogP contribution in [0.3, 0.4) is 0 Å². The molecule has 0 spiro atoms. The summed E-state index contributed by atoms with van der Waals surface area (Å²) in [6.07, 6.45) is 6.19. The Labute approximate surface area is 270 Å². The van der Waals surface area contributed by atoms with Crippen molar-refractivity contribution in [3.05, 3.63) is 41.5 Å². The van der Waals surface area contributed by atoms with Crippen molar-refractivity contribution in [2.75, 3.05) is 37.8 Å². The van der Waals surface area contributed by atoms with Crippen LogP contribution in [0.4, 0.5) is 14.6 Å². The number of nitrogens with zero attached hydrogens (tertiary/aromatic N) is 5. The summed E-state index contributed by atoms with van der Waals surface area (Å²) in [7, 11) is 0. The first kappa shape index (κ1) is 29.3. The lowest BCUT2D eigenvalue weighted by atomic mass is 9.94. The Hall–Kier alpha value is -3.87. The van der Waals surface area contributed by atoms with Crippen molar-refractivity contribution in [1.82, 2.24) is 25.2 Å². The second-order valence-electron chi connectivity index (χ2n) is 13.9. The van der Waals surface area contributed by atoms with Gasteiger partial charge in [0.25, 0.3) is 0 Å². The van der Waals surface area contributed by atoms with Crippen LogP contribution in [0.2, 0.25) is 0 Å². The SMILES string of the molecule is CCc1c(F)ccc2cc(O)cc(-c3nc4c5c(nc(OC[C@]67CCCN6[C@H](CO)CC7)nc5c3F)N3C[C@H]5CC[C@H](N5)[C@@H]3CO4)c12. The summed E-state index contributed by atoms with van der Waals surface area (Å²) >= 11 is 0. The fourth-order valence-corrected chi connectivity index (χ4v) is 9.20. The van der Waals surface area contributed by atoms with Gasteiger partial charge in [-0.25, -0.2) is 13.8 Å². The summed E-state index contributed by atoms with van der Waals surface area (Å²) < 4.78 is 45.1. The first-order chi connectivity index (χ1) is 22.9. The maximum atomic E-state index is 17.1. The molecule has 4 aromatic rings. The molecule has 0 aliphatic carbocycles. The van der Waals surface area contributed by atoms with Gasteiger partial charge in [-0.1, -0.05) is 13.0 Å². The van der Waals surface area contributed by atoms with Crippen molar-refractivity contribution in [2.24, 2.45) is 0 Å². The lowest BCUT2D eigenvalue weighted by Gasteiger charge is -2.40. The van der Waals surface area contributed by atoms with Crippen LogP contribution < -0.4 is 19.7 Å². The summed E-state index contributed by atoms with van der Waals surface area (Å²) in [4.78, 5) is 19.0. The molecule has 5 aliphatic heterocycles. The zero-order valence-electron chi connectivity index (χ0n) is 26.3. The highest BCUT2D eigenvalue weighted by Crippen LogP contribution is 2.46. The van der Waals surface area contributed by atoms with Gasteiger partial charge in [-0.15, -0.1) is 0 Å². The van der Waals surface area contributed by atoms with Gasteiger partial charge in [0.1, 0.15) is 47.2 Å². The molecule has 7 heterocycles. The van der Waals surface area contributed by atoms with E-state index in [9.17, 15) is 10.2 Å². The van der Waals surface area contributed by atoms with Crippen molar-refractivity contribution >= 4 is 27.5 Å². The van der Waals surface area contributed by atoms with Crippen LogP contribution in [0.1, 0.15) is 51.0 Å². The van der Waals surface area contributed by atoms with Gasteiger partial charge >= 0.3 is 6.01 Å². The first-order valence-corrected chi connectivity index (χ1v) is 16.9. The minimum atomic E-state index is -0.711. The number of hydrogen-bond acceptors (Lipinski definition) is 10. The van der Waals surface area contributed by atoms with E-state index >= 15 is 8.78 Å². The van der Waals surface area contributed by atoms with E-state index in [1.165, 1.54) is 12.1 Å². The van der Waals surface area contributed by atoms with Gasteiger partial charge in [-0.3, -0.25) is 4.90 Å². The van der Waals surface area contributed by atoms with E-state index in [1.807, 2.05) is 6.92 Å². The number of halogens is 2. The standard InChI is InChI=1S/C35H38F2N6O4/c1-2-22-24(36)6-4-18-12-21(45)13-23(27(18)22)30-29(37)31-28-32(42-14-19-5-7-25(38-19)26(42)16-46-33(28)39-30)41-34(40-31)47-17-35-9-3-11-43(35)20(15-44)8-10-35/h4,6,12-13,19-20,25-26,38,44-45H,2-3,5,7-11,14-17H2,1H3/t19-,20+,25+,26+,35-/m1/s1. The number of phenols is 1. The topological polar surface area (TPSA) is 116 Å². The number of aliphatic hydroxyl groups excluding tert-OH is 1. The Morgan fingerprint density at radius 1 is 1.11 bits per heavy atom. The van der Waals surface area contributed by atoms with Crippen molar-refractivity contribution in [1.29, 1.82) is 0 Å². The third-order valence-electron chi connectivity index (χ3n) is 11.4. The number of aryl methyl sites for hydroxylation is 1. The molecule has 2 bridgehead atoms. The number of anilines is 1. The predicted octanol–water partition coefficient (Wildman–Crippen LogP) is 4.46. The molecule has 0 unspecified atom stereocenters. The van der Waals surface area contributed by atoms with Gasteiger partial charge in [0.15, 0.2) is 5.82 Å². The Morgan fingerprint density at radius 2 is 2.00 bits per heavy atom. The fourth-order valence-electron chi connectivity index (χ4n) is 9.20. The number of nitrogens with one attached hydrogen (secondary N) is 1. The molecule has 0 amide bonds. The molecule has 4 fully saturated rings. The van der Waals surface area contributed by atoms with Gasteiger partial charge in [0.05, 0.1) is 18.2 Å². The number of ether oxygens (including phenoxy) is 2. The molecule has 12 heteroatoms. The fraction of sp³-hybridized carbons (Fsp3) is 0.514. The molecular formula is C35H38F2N6O4. The van der Waals surface area contributed by atoms with E-state index in [-0.39, 0.29) is 70.7 Å². The van der Waals surface area contributed by atoms with Crippen molar-refractivity contribution in [3.8, 4) is 28.9 Å². The van der Waals surface area contributed by atoms with E-state index in [4.69, 9.17) is 24.4 Å². The molecule has 246 valence electrons. The van der Waals surface area contributed by atoms with E-state index in [2.05, 4.69) is 15.1 Å². The predicted molar refractivity (Wildman–Crippen MR) is 172 cm³/mol. The minimum absolute atomic E-state index is 0.0166. The second kappa shape index (κ2) is 10.8. The molecule has 5 aliphatic rings. The smallest absolute Gasteiger partial charge is 0.319 e. The highest BCUT2D eigenvalue weighted by molar-refractivity contribution is 6.03. The quantitative estimate of drug-likeness (QED) is 0.278. The Kier molecular flexibility index (Phi) is 6.75. The average molecular weight is 645 g/mol. The number of aromatic hydroxyl groups is 1. The zero-order chi connectivity index (χ0) is 32.0. The van der Waals surface area contributed by atoms with Crippen LogP contribution in [0.5, 0.6) is 17.6 Å². The molecule has 2 aromatic heterocycles. The summed E-state index contributed by atoms with van der Waals surface area (Å²) in [5, 5.41) is 25.8. The molecule has 10 nitrogen and oxygen atoms in total. The molecule has 4 saturated heterocycles. The number of fused-ring (bicyclic) bond motifs is 7. The number of phenolic OH excluding ortho intramolecular Hbond substituents is 1. The number of pyridine rings is 1. The highest BCUT2D eigenvalue weighted by atomic mass is 19.1. The third-order valence-corrected chi connectivity index (χ3v) is 11.4. The summed E-state index contributed by atoms with van der Waals surface area (Å²) in [6, 6.07) is 6.54. The van der Waals surface area contributed by atoms with Gasteiger partial charge in [-0.2, -0.15) is 9.97 Å². The number of aromatic nitrogens is 3. The largest absolute Gasteiger partial charge is 0.508 e. The molecule has 5 atom stereocenters. The summed E-state index contributed by atoms with van der Waals surface area (Å²) in [6.45, 7) is 4.21. The molecule has 3 N–H and O–H groups in total. The van der Waals surface area contributed by atoms with Gasteiger partial charge in [0, 0.05) is 30.2 Å². The minimum Gasteiger partial charge on any atom is -0.508 e. The molecule has 0 saturated carbocycles. The molecule has 0 radical (unpaired) electrons. The van der Waals surface area contributed by atoms with Crippen molar-refractivity contribution < 1.29 is 28.5 Å². The van der Waals surface area contributed by atoms with E-state index in [0.717, 1.165) is 45.1 Å². The van der Waals surface area contributed by atoms with Crippen LogP contribution >= 0.6 is 0 Å². The first-order valence-electron chi connectivity index (χ1n) is 16.9. The van der Waals surface area contributed by atoms with Gasteiger partial charge in [0.2, 0.25) is 5.88 Å². The number of aliphatic hydroxyl groups is 1. The van der Waals surface area contributed by atoms with Gasteiger partial charge < -0.3 is 29.9 Å². The number of benzene rings is 2. The Bertz CT molecular complexity index is 1930. The number of piperazine rings is 1. The van der Waals surface area contributed by atoms with Crippen molar-refractivity contribution in [3.63, 3.8) is 0 Å². The second-order valence-corrected chi connectivity index (χ2v) is 13.9. The van der Waals surface area contributed by atoms with Gasteiger partial charge in [-0.05, 0) is 86.0 Å². The number of hydrogen-bond donors (Lipinski definition) is 3. The molecule has 47 heavy (non-hydrogen) atoms.